The zero-order chi connectivity index (χ0) is 20.0. The Bertz CT molecular complexity index is 790. The largest absolute Gasteiger partial charge is 0.481 e. The maximum atomic E-state index is 14.3. The summed E-state index contributed by atoms with van der Waals surface area (Å²) >= 11 is 0.828. The Labute approximate surface area is 155 Å². The first-order valence-corrected chi connectivity index (χ1v) is 8.64. The van der Waals surface area contributed by atoms with Crippen LogP contribution in [-0.2, 0) is 4.79 Å². The number of hydrogen-bond acceptors (Lipinski definition) is 4. The van der Waals surface area contributed by atoms with Crippen LogP contribution in [-0.4, -0.2) is 34.6 Å². The Kier molecular flexibility index (Phi) is 7.00. The van der Waals surface area contributed by atoms with E-state index in [0.717, 1.165) is 23.9 Å². The average molecular weight is 407 g/mol. The summed E-state index contributed by atoms with van der Waals surface area (Å²) in [6.07, 6.45) is -3.26. The molecule has 0 spiro atoms. The predicted octanol–water partition coefficient (Wildman–Crippen LogP) is 4.92. The van der Waals surface area contributed by atoms with E-state index in [0.29, 0.717) is 0 Å². The monoisotopic (exact) mass is 407 g/mol. The zero-order valence-electron chi connectivity index (χ0n) is 13.7. The highest BCUT2D eigenvalue weighted by molar-refractivity contribution is 7.99. The number of nitrogens with zero attached hydrogens (tertiary/aromatic N) is 1. The minimum absolute atomic E-state index is 0.0157. The molecular formula is C17H14F5NO3S. The highest BCUT2D eigenvalue weighted by Crippen LogP contribution is 2.34. The zero-order valence-corrected chi connectivity index (χ0v) is 14.5. The SMILES string of the molecule is O=C(O)CCCSc1c(F)cc(-c2cccnc2OCC(F)(F)F)cc1F. The first kappa shape index (κ1) is 20.9. The maximum Gasteiger partial charge on any atom is 0.422 e. The van der Waals surface area contributed by atoms with Crippen LogP contribution in [0.2, 0.25) is 0 Å². The minimum atomic E-state index is -4.58. The van der Waals surface area contributed by atoms with E-state index >= 15 is 0 Å². The van der Waals surface area contributed by atoms with Gasteiger partial charge in [0, 0.05) is 18.2 Å². The summed E-state index contributed by atoms with van der Waals surface area (Å²) in [7, 11) is 0. The van der Waals surface area contributed by atoms with E-state index in [1.807, 2.05) is 0 Å². The number of benzene rings is 1. The topological polar surface area (TPSA) is 59.4 Å². The van der Waals surface area contributed by atoms with Gasteiger partial charge < -0.3 is 9.84 Å². The van der Waals surface area contributed by atoms with E-state index in [9.17, 15) is 26.7 Å². The van der Waals surface area contributed by atoms with E-state index in [4.69, 9.17) is 5.11 Å². The molecule has 0 aliphatic carbocycles. The number of rotatable bonds is 8. The minimum Gasteiger partial charge on any atom is -0.481 e. The lowest BCUT2D eigenvalue weighted by molar-refractivity contribution is -0.154. The van der Waals surface area contributed by atoms with Crippen molar-refractivity contribution in [1.29, 1.82) is 0 Å². The Morgan fingerprint density at radius 3 is 2.48 bits per heavy atom. The molecule has 0 bridgehead atoms. The molecule has 0 aliphatic heterocycles. The summed E-state index contributed by atoms with van der Waals surface area (Å²) in [6.45, 7) is -1.58. The summed E-state index contributed by atoms with van der Waals surface area (Å²) in [4.78, 5) is 13.9. The summed E-state index contributed by atoms with van der Waals surface area (Å²) in [6, 6.07) is 4.69. The van der Waals surface area contributed by atoms with E-state index in [1.165, 1.54) is 18.3 Å². The molecule has 0 aliphatic rings. The van der Waals surface area contributed by atoms with Crippen molar-refractivity contribution in [2.24, 2.45) is 0 Å². The second-order valence-electron chi connectivity index (χ2n) is 5.37. The van der Waals surface area contributed by atoms with Gasteiger partial charge in [0.15, 0.2) is 6.61 Å². The second-order valence-corrected chi connectivity index (χ2v) is 6.48. The molecule has 2 rings (SSSR count). The summed E-state index contributed by atoms with van der Waals surface area (Å²) in [5, 5.41) is 8.56. The van der Waals surface area contributed by atoms with Gasteiger partial charge in [-0.2, -0.15) is 13.2 Å². The van der Waals surface area contributed by atoms with Gasteiger partial charge in [-0.3, -0.25) is 4.79 Å². The van der Waals surface area contributed by atoms with Gasteiger partial charge in [0.1, 0.15) is 11.6 Å². The lowest BCUT2D eigenvalue weighted by atomic mass is 10.1. The van der Waals surface area contributed by atoms with Gasteiger partial charge in [0.25, 0.3) is 0 Å². The Hall–Kier alpha value is -2.36. The Balaban J connectivity index is 2.21. The fourth-order valence-corrected chi connectivity index (χ4v) is 3.01. The molecule has 1 heterocycles. The van der Waals surface area contributed by atoms with Crippen LogP contribution >= 0.6 is 11.8 Å². The number of thioether (sulfide) groups is 1. The summed E-state index contributed by atoms with van der Waals surface area (Å²) in [5.41, 5.74) is -0.00728. The van der Waals surface area contributed by atoms with E-state index < -0.39 is 36.3 Å². The van der Waals surface area contributed by atoms with Crippen molar-refractivity contribution < 1.29 is 36.6 Å². The van der Waals surface area contributed by atoms with E-state index in [1.54, 1.807) is 0 Å². The number of carbonyl (C=O) groups is 1. The molecule has 1 N–H and O–H groups in total. The van der Waals surface area contributed by atoms with Gasteiger partial charge in [-0.1, -0.05) is 0 Å². The summed E-state index contributed by atoms with van der Waals surface area (Å²) < 4.78 is 70.2. The lowest BCUT2D eigenvalue weighted by Crippen LogP contribution is -2.19. The smallest absolute Gasteiger partial charge is 0.422 e. The fourth-order valence-electron chi connectivity index (χ4n) is 2.13. The summed E-state index contributed by atoms with van der Waals surface area (Å²) in [5.74, 6) is -3.01. The van der Waals surface area contributed by atoms with Crippen molar-refractivity contribution >= 4 is 17.7 Å². The molecule has 0 unspecified atom stereocenters. The number of aliphatic carboxylic acids is 1. The van der Waals surface area contributed by atoms with Crippen LogP contribution < -0.4 is 4.74 Å². The normalized spacial score (nSPS) is 11.4. The molecule has 2 aromatic rings. The molecule has 10 heteroatoms. The highest BCUT2D eigenvalue weighted by atomic mass is 32.2. The van der Waals surface area contributed by atoms with Crippen LogP contribution in [0.4, 0.5) is 22.0 Å². The van der Waals surface area contributed by atoms with Gasteiger partial charge in [-0.25, -0.2) is 13.8 Å². The number of alkyl halides is 3. The van der Waals surface area contributed by atoms with Crippen molar-refractivity contribution in [3.8, 4) is 17.0 Å². The van der Waals surface area contributed by atoms with Crippen molar-refractivity contribution in [3.63, 3.8) is 0 Å². The molecule has 0 radical (unpaired) electrons. The molecule has 1 aromatic heterocycles. The standard InChI is InChI=1S/C17H14F5NO3S/c18-12-7-10(8-13(19)15(12)27-6-2-4-14(24)25)11-3-1-5-23-16(11)26-9-17(20,21)22/h1,3,5,7-8H,2,4,6,9H2,(H,24,25). The Morgan fingerprint density at radius 1 is 1.22 bits per heavy atom. The number of hydrogen-bond donors (Lipinski definition) is 1. The van der Waals surface area contributed by atoms with Crippen molar-refractivity contribution in [2.75, 3.05) is 12.4 Å². The van der Waals surface area contributed by atoms with Crippen LogP contribution in [0.25, 0.3) is 11.1 Å². The number of pyridine rings is 1. The number of carboxylic acid groups (broad SMARTS) is 1. The molecule has 0 atom stereocenters. The number of carboxylic acids is 1. The third kappa shape index (κ3) is 6.38. The fraction of sp³-hybridized carbons (Fsp3) is 0.294. The van der Waals surface area contributed by atoms with E-state index in [-0.39, 0.29) is 34.6 Å². The molecule has 4 nitrogen and oxygen atoms in total. The molecule has 27 heavy (non-hydrogen) atoms. The van der Waals surface area contributed by atoms with Gasteiger partial charge >= 0.3 is 12.1 Å². The average Bonchev–Trinajstić information content (AvgIpc) is 2.58. The molecule has 1 aromatic carbocycles. The number of aromatic nitrogens is 1. The lowest BCUT2D eigenvalue weighted by Gasteiger charge is -2.13. The van der Waals surface area contributed by atoms with Crippen molar-refractivity contribution in [3.05, 3.63) is 42.1 Å². The molecule has 0 saturated heterocycles. The Morgan fingerprint density at radius 2 is 1.89 bits per heavy atom. The van der Waals surface area contributed by atoms with Crippen LogP contribution in [0.15, 0.2) is 35.4 Å². The molecule has 0 fully saturated rings. The van der Waals surface area contributed by atoms with Crippen molar-refractivity contribution in [1.82, 2.24) is 4.98 Å². The molecular weight excluding hydrogens is 393 g/mol. The van der Waals surface area contributed by atoms with Crippen molar-refractivity contribution in [2.45, 2.75) is 23.9 Å². The van der Waals surface area contributed by atoms with Crippen LogP contribution in [0.5, 0.6) is 5.88 Å². The molecule has 0 amide bonds. The van der Waals surface area contributed by atoms with Gasteiger partial charge in [-0.15, -0.1) is 11.8 Å². The predicted molar refractivity (Wildman–Crippen MR) is 88.7 cm³/mol. The quantitative estimate of drug-likeness (QED) is 0.382. The molecule has 146 valence electrons. The van der Waals surface area contributed by atoms with Crippen LogP contribution in [0.1, 0.15) is 12.8 Å². The second kappa shape index (κ2) is 9.03. The third-order valence-corrected chi connectivity index (χ3v) is 4.41. The first-order chi connectivity index (χ1) is 12.7. The van der Waals surface area contributed by atoms with Gasteiger partial charge in [0.05, 0.1) is 4.90 Å². The number of ether oxygens (including phenoxy) is 1. The van der Waals surface area contributed by atoms with Gasteiger partial charge in [-0.05, 0) is 42.0 Å². The highest BCUT2D eigenvalue weighted by Gasteiger charge is 2.29. The first-order valence-electron chi connectivity index (χ1n) is 7.66. The van der Waals surface area contributed by atoms with Gasteiger partial charge in [0.2, 0.25) is 5.88 Å². The van der Waals surface area contributed by atoms with E-state index in [2.05, 4.69) is 9.72 Å². The maximum absolute atomic E-state index is 14.3. The van der Waals surface area contributed by atoms with Crippen LogP contribution in [0.3, 0.4) is 0 Å². The molecule has 0 saturated carbocycles. The van der Waals surface area contributed by atoms with Crippen LogP contribution in [0, 0.1) is 11.6 Å². The number of halogens is 5. The third-order valence-electron chi connectivity index (χ3n) is 3.23.